The topological polar surface area (TPSA) is 67.3 Å². The first-order valence-electron chi connectivity index (χ1n) is 9.27. The van der Waals surface area contributed by atoms with Gasteiger partial charge in [0, 0.05) is 41.8 Å². The number of aromatic nitrogens is 2. The van der Waals surface area contributed by atoms with Gasteiger partial charge in [-0.15, -0.1) is 11.3 Å². The number of nitrogens with one attached hydrogen (secondary N) is 1. The van der Waals surface area contributed by atoms with Crippen molar-refractivity contribution in [2.24, 2.45) is 0 Å². The van der Waals surface area contributed by atoms with Gasteiger partial charge in [-0.1, -0.05) is 0 Å². The summed E-state index contributed by atoms with van der Waals surface area (Å²) in [4.78, 5) is 25.0. The molecule has 2 aromatic heterocycles. The van der Waals surface area contributed by atoms with Crippen molar-refractivity contribution in [3.63, 3.8) is 0 Å². The lowest BCUT2D eigenvalue weighted by atomic mass is 9.98. The number of nitrogens with zero attached hydrogens (tertiary/aromatic N) is 3. The van der Waals surface area contributed by atoms with E-state index in [1.54, 1.807) is 25.4 Å². The van der Waals surface area contributed by atoms with E-state index in [2.05, 4.69) is 10.3 Å². The molecule has 0 spiro atoms. The molecular formula is C19H24N4O2S. The number of anilines is 1. The zero-order chi connectivity index (χ0) is 17.9. The Morgan fingerprint density at radius 1 is 1.35 bits per heavy atom. The summed E-state index contributed by atoms with van der Waals surface area (Å²) in [5.41, 5.74) is 2.01. The van der Waals surface area contributed by atoms with Gasteiger partial charge >= 0.3 is 6.03 Å². The van der Waals surface area contributed by atoms with Gasteiger partial charge in [-0.3, -0.25) is 0 Å². The molecule has 0 saturated carbocycles. The molecule has 1 saturated heterocycles. The van der Waals surface area contributed by atoms with E-state index in [9.17, 15) is 4.79 Å². The number of likely N-dealkylation sites (tertiary alicyclic amines) is 1. The van der Waals surface area contributed by atoms with E-state index >= 15 is 0 Å². The summed E-state index contributed by atoms with van der Waals surface area (Å²) < 4.78 is 5.11. The third-order valence-corrected chi connectivity index (χ3v) is 6.44. The van der Waals surface area contributed by atoms with Crippen molar-refractivity contribution in [3.05, 3.63) is 33.9 Å². The van der Waals surface area contributed by atoms with Gasteiger partial charge in [0.25, 0.3) is 0 Å². The molecule has 0 bridgehead atoms. The second kappa shape index (κ2) is 7.61. The number of piperidine rings is 1. The average Bonchev–Trinajstić information content (AvgIpc) is 3.12. The molecule has 1 atom stereocenters. The number of methoxy groups -OCH3 is 1. The fourth-order valence-corrected chi connectivity index (χ4v) is 4.99. The number of amides is 2. The molecule has 0 aromatic carbocycles. The number of carbonyl (C=O) groups is 1. The van der Waals surface area contributed by atoms with Gasteiger partial charge in [0.15, 0.2) is 0 Å². The van der Waals surface area contributed by atoms with E-state index in [1.165, 1.54) is 34.8 Å². The average molecular weight is 372 g/mol. The van der Waals surface area contributed by atoms with E-state index in [0.717, 1.165) is 32.4 Å². The van der Waals surface area contributed by atoms with E-state index in [4.69, 9.17) is 9.72 Å². The number of pyridine rings is 1. The number of aryl methyl sites for hydroxylation is 2. The molecular weight excluding hydrogens is 348 g/mol. The number of rotatable bonds is 3. The molecule has 7 heteroatoms. The highest BCUT2D eigenvalue weighted by Crippen LogP contribution is 2.34. The maximum Gasteiger partial charge on any atom is 0.321 e. The van der Waals surface area contributed by atoms with Crippen LogP contribution in [0, 0.1) is 0 Å². The fourth-order valence-electron chi connectivity index (χ4n) is 3.71. The molecule has 0 unspecified atom stereocenters. The lowest BCUT2D eigenvalue weighted by Crippen LogP contribution is -2.41. The number of ether oxygens (including phenoxy) is 1. The van der Waals surface area contributed by atoms with Gasteiger partial charge in [-0.25, -0.2) is 14.8 Å². The number of fused-ring (bicyclic) bond motifs is 1. The summed E-state index contributed by atoms with van der Waals surface area (Å²) in [6.45, 7) is 1.52. The second-order valence-corrected chi connectivity index (χ2v) is 8.05. The number of thiazole rings is 1. The quantitative estimate of drug-likeness (QED) is 0.889. The first kappa shape index (κ1) is 17.3. The van der Waals surface area contributed by atoms with Crippen molar-refractivity contribution in [2.45, 2.75) is 44.4 Å². The molecule has 6 nitrogen and oxygen atoms in total. The van der Waals surface area contributed by atoms with E-state index in [0.29, 0.717) is 17.5 Å². The molecule has 2 aromatic rings. The Labute approximate surface area is 157 Å². The summed E-state index contributed by atoms with van der Waals surface area (Å²) in [7, 11) is 1.57. The molecule has 1 aliphatic heterocycles. The van der Waals surface area contributed by atoms with Crippen LogP contribution in [0.2, 0.25) is 0 Å². The van der Waals surface area contributed by atoms with Crippen LogP contribution in [0.25, 0.3) is 0 Å². The molecule has 1 aliphatic carbocycles. The maximum atomic E-state index is 12.7. The van der Waals surface area contributed by atoms with Gasteiger partial charge in [-0.2, -0.15) is 0 Å². The summed E-state index contributed by atoms with van der Waals surface area (Å²) in [5.74, 6) is 0.852. The van der Waals surface area contributed by atoms with Gasteiger partial charge in [0.1, 0.15) is 0 Å². The Kier molecular flexibility index (Phi) is 5.06. The van der Waals surface area contributed by atoms with Crippen LogP contribution < -0.4 is 10.1 Å². The Morgan fingerprint density at radius 3 is 3.08 bits per heavy atom. The third-order valence-electron chi connectivity index (χ3n) is 5.12. The van der Waals surface area contributed by atoms with Crippen LogP contribution in [0.15, 0.2) is 18.3 Å². The normalized spacial score (nSPS) is 19.7. The van der Waals surface area contributed by atoms with Crippen LogP contribution in [-0.2, 0) is 12.8 Å². The van der Waals surface area contributed by atoms with Gasteiger partial charge in [0.05, 0.1) is 17.8 Å². The van der Waals surface area contributed by atoms with Crippen LogP contribution >= 0.6 is 11.3 Å². The molecule has 1 fully saturated rings. The predicted molar refractivity (Wildman–Crippen MR) is 102 cm³/mol. The molecule has 0 radical (unpaired) electrons. The van der Waals surface area contributed by atoms with E-state index in [1.807, 2.05) is 16.2 Å². The summed E-state index contributed by atoms with van der Waals surface area (Å²) in [6.07, 6.45) is 8.59. The smallest absolute Gasteiger partial charge is 0.321 e. The first-order chi connectivity index (χ1) is 12.7. The van der Waals surface area contributed by atoms with E-state index in [-0.39, 0.29) is 6.03 Å². The van der Waals surface area contributed by atoms with Crippen molar-refractivity contribution in [2.75, 3.05) is 25.5 Å². The Balaban J connectivity index is 1.42. The van der Waals surface area contributed by atoms with Crippen molar-refractivity contribution >= 4 is 23.1 Å². The highest BCUT2D eigenvalue weighted by molar-refractivity contribution is 7.11. The summed E-state index contributed by atoms with van der Waals surface area (Å²) in [5, 5.41) is 4.18. The molecule has 4 rings (SSSR count). The molecule has 3 heterocycles. The molecule has 2 aliphatic rings. The fraction of sp³-hybridized carbons (Fsp3) is 0.526. The molecule has 2 amide bonds. The lowest BCUT2D eigenvalue weighted by Gasteiger charge is -2.31. The van der Waals surface area contributed by atoms with E-state index < -0.39 is 0 Å². The number of urea groups is 1. The Bertz CT molecular complexity index is 768. The molecule has 1 N–H and O–H groups in total. The van der Waals surface area contributed by atoms with Gasteiger partial charge in [0.2, 0.25) is 5.88 Å². The Morgan fingerprint density at radius 2 is 2.23 bits per heavy atom. The minimum atomic E-state index is -0.0655. The largest absolute Gasteiger partial charge is 0.481 e. The minimum Gasteiger partial charge on any atom is -0.481 e. The zero-order valence-electron chi connectivity index (χ0n) is 15.0. The maximum absolute atomic E-state index is 12.7. The summed E-state index contributed by atoms with van der Waals surface area (Å²) >= 11 is 1.87. The predicted octanol–water partition coefficient (Wildman–Crippen LogP) is 3.84. The molecule has 26 heavy (non-hydrogen) atoms. The van der Waals surface area contributed by atoms with Crippen molar-refractivity contribution in [3.8, 4) is 5.88 Å². The van der Waals surface area contributed by atoms with Crippen LogP contribution in [0.4, 0.5) is 10.5 Å². The number of hydrogen-bond donors (Lipinski definition) is 1. The standard InChI is InChI=1S/C19H24N4O2S/c1-25-17-11-14(8-9-20-17)21-19(24)23-10-4-5-13(12-23)18-22-15-6-2-3-7-16(15)26-18/h8-9,11,13H,2-7,10,12H2,1H3,(H,20,21,24)/t13-/m1/s1. The van der Waals surface area contributed by atoms with Crippen molar-refractivity contribution < 1.29 is 9.53 Å². The SMILES string of the molecule is COc1cc(NC(=O)N2CCC[C@@H](c3nc4c(s3)CCCC4)C2)ccn1. The second-order valence-electron chi connectivity index (χ2n) is 6.93. The highest BCUT2D eigenvalue weighted by Gasteiger charge is 2.28. The van der Waals surface area contributed by atoms with Crippen molar-refractivity contribution in [1.29, 1.82) is 0 Å². The van der Waals surface area contributed by atoms with Crippen LogP contribution in [0.3, 0.4) is 0 Å². The molecule has 138 valence electrons. The van der Waals surface area contributed by atoms with Crippen LogP contribution in [-0.4, -0.2) is 41.1 Å². The zero-order valence-corrected chi connectivity index (χ0v) is 15.8. The lowest BCUT2D eigenvalue weighted by molar-refractivity contribution is 0.192. The van der Waals surface area contributed by atoms with Gasteiger partial charge in [-0.05, 0) is 44.6 Å². The van der Waals surface area contributed by atoms with Crippen LogP contribution in [0.5, 0.6) is 5.88 Å². The third kappa shape index (κ3) is 3.67. The minimum absolute atomic E-state index is 0.0655. The highest BCUT2D eigenvalue weighted by atomic mass is 32.1. The number of hydrogen-bond acceptors (Lipinski definition) is 5. The van der Waals surface area contributed by atoms with Crippen molar-refractivity contribution in [1.82, 2.24) is 14.9 Å². The monoisotopic (exact) mass is 372 g/mol. The first-order valence-corrected chi connectivity index (χ1v) is 10.1. The van der Waals surface area contributed by atoms with Crippen LogP contribution in [0.1, 0.15) is 47.2 Å². The van der Waals surface area contributed by atoms with Gasteiger partial charge < -0.3 is 15.0 Å². The Hall–Kier alpha value is -2.15. The number of carbonyl (C=O) groups excluding carboxylic acids is 1. The summed E-state index contributed by atoms with van der Waals surface area (Å²) in [6, 6.07) is 3.44.